The van der Waals surface area contributed by atoms with Gasteiger partial charge in [-0.15, -0.1) is 0 Å². The molecule has 4 rings (SSSR count). The van der Waals surface area contributed by atoms with Crippen LogP contribution in [0.5, 0.6) is 5.75 Å². The molecule has 2 N–H and O–H groups in total. The van der Waals surface area contributed by atoms with E-state index >= 15 is 0 Å². The molecule has 7 nitrogen and oxygen atoms in total. The number of halogens is 2. The number of aromatic nitrogens is 1. The number of carbonyl (C=O) groups is 2. The standard InChI is InChI=1S/C24H20Cl2N4O3/c1-33-21-11-17(26)10-19(24(32)29-22-7-6-16(25)13-28-22)18(21)12-20(31)14-2-4-15(5-3-14)23(27)30-8-9-30/h2-7,10-11,13,27H,8-9,12H2,1H3,(H,28,29,32). The molecule has 9 heteroatoms. The normalized spacial score (nSPS) is 12.3. The maximum Gasteiger partial charge on any atom is 0.257 e. The smallest absolute Gasteiger partial charge is 0.257 e. The quantitative estimate of drug-likeness (QED) is 0.220. The van der Waals surface area contributed by atoms with Gasteiger partial charge < -0.3 is 15.0 Å². The summed E-state index contributed by atoms with van der Waals surface area (Å²) in [5.74, 6) is 0.424. The van der Waals surface area contributed by atoms with Crippen LogP contribution in [0.3, 0.4) is 0 Å². The zero-order valence-corrected chi connectivity index (χ0v) is 19.2. The molecule has 168 valence electrons. The monoisotopic (exact) mass is 482 g/mol. The maximum atomic E-state index is 13.1. The number of carbonyl (C=O) groups excluding carboxylic acids is 2. The van der Waals surface area contributed by atoms with Crippen molar-refractivity contribution in [2.45, 2.75) is 6.42 Å². The Labute approximate surface area is 200 Å². The number of nitrogens with zero attached hydrogens (tertiary/aromatic N) is 2. The van der Waals surface area contributed by atoms with Crippen LogP contribution in [0.25, 0.3) is 0 Å². The van der Waals surface area contributed by atoms with Crippen LogP contribution in [0.2, 0.25) is 10.0 Å². The molecule has 1 aliphatic heterocycles. The zero-order chi connectivity index (χ0) is 23.5. The maximum absolute atomic E-state index is 13.1. The van der Waals surface area contributed by atoms with E-state index in [1.165, 1.54) is 19.4 Å². The molecule has 0 unspecified atom stereocenters. The van der Waals surface area contributed by atoms with E-state index in [0.717, 1.165) is 18.7 Å². The number of rotatable bonds is 7. The molecule has 0 aliphatic carbocycles. The zero-order valence-electron chi connectivity index (χ0n) is 17.7. The molecular formula is C24H20Cl2N4O3. The van der Waals surface area contributed by atoms with Gasteiger partial charge in [-0.1, -0.05) is 47.5 Å². The SMILES string of the molecule is COc1cc(Cl)cc(C(=O)Nc2ccc(Cl)cn2)c1CC(=O)c1ccc(C(=N)N2CC2)cc1. The molecule has 2 heterocycles. The Balaban J connectivity index is 1.59. The van der Waals surface area contributed by atoms with Gasteiger partial charge in [0.2, 0.25) is 0 Å². The van der Waals surface area contributed by atoms with Gasteiger partial charge in [0.05, 0.1) is 12.1 Å². The van der Waals surface area contributed by atoms with Crippen molar-refractivity contribution in [1.29, 1.82) is 5.41 Å². The van der Waals surface area contributed by atoms with E-state index < -0.39 is 5.91 Å². The number of benzene rings is 2. The van der Waals surface area contributed by atoms with Crippen LogP contribution in [-0.4, -0.2) is 47.6 Å². The highest BCUT2D eigenvalue weighted by Gasteiger charge is 2.23. The van der Waals surface area contributed by atoms with Crippen molar-refractivity contribution in [3.63, 3.8) is 0 Å². The molecule has 1 amide bonds. The van der Waals surface area contributed by atoms with Crippen LogP contribution in [-0.2, 0) is 6.42 Å². The van der Waals surface area contributed by atoms with Gasteiger partial charge in [-0.3, -0.25) is 15.0 Å². The van der Waals surface area contributed by atoms with E-state index in [1.54, 1.807) is 42.5 Å². The van der Waals surface area contributed by atoms with Crippen molar-refractivity contribution in [3.05, 3.63) is 87.0 Å². The molecule has 0 atom stereocenters. The first kappa shape index (κ1) is 22.8. The summed E-state index contributed by atoms with van der Waals surface area (Å²) in [7, 11) is 1.45. The summed E-state index contributed by atoms with van der Waals surface area (Å²) < 4.78 is 5.42. The van der Waals surface area contributed by atoms with Crippen molar-refractivity contribution in [3.8, 4) is 5.75 Å². The lowest BCUT2D eigenvalue weighted by Crippen LogP contribution is -2.18. The summed E-state index contributed by atoms with van der Waals surface area (Å²) in [5, 5.41) is 11.5. The number of amidine groups is 1. The number of hydrogen-bond acceptors (Lipinski definition) is 5. The molecule has 3 aromatic rings. The van der Waals surface area contributed by atoms with Crippen molar-refractivity contribution in [2.24, 2.45) is 0 Å². The van der Waals surface area contributed by atoms with Crippen LogP contribution in [0.4, 0.5) is 5.82 Å². The predicted octanol–water partition coefficient (Wildman–Crippen LogP) is 4.72. The summed E-state index contributed by atoms with van der Waals surface area (Å²) >= 11 is 12.0. The molecule has 2 aromatic carbocycles. The molecule has 0 bridgehead atoms. The van der Waals surface area contributed by atoms with Crippen molar-refractivity contribution < 1.29 is 14.3 Å². The highest BCUT2D eigenvalue weighted by Crippen LogP contribution is 2.30. The van der Waals surface area contributed by atoms with E-state index in [1.807, 2.05) is 4.90 Å². The van der Waals surface area contributed by atoms with Crippen LogP contribution >= 0.6 is 23.2 Å². The third-order valence-electron chi connectivity index (χ3n) is 5.19. The molecule has 1 aromatic heterocycles. The lowest BCUT2D eigenvalue weighted by atomic mass is 9.96. The third-order valence-corrected chi connectivity index (χ3v) is 5.63. The van der Waals surface area contributed by atoms with E-state index in [2.05, 4.69) is 10.3 Å². The minimum Gasteiger partial charge on any atom is -0.496 e. The summed E-state index contributed by atoms with van der Waals surface area (Å²) in [6.07, 6.45) is 1.35. The number of anilines is 1. The number of pyridine rings is 1. The molecule has 1 aliphatic rings. The largest absolute Gasteiger partial charge is 0.496 e. The number of Topliss-reactive ketones (excluding diaryl/α,β-unsaturated/α-hetero) is 1. The van der Waals surface area contributed by atoms with Gasteiger partial charge in [0.25, 0.3) is 5.91 Å². The Morgan fingerprint density at radius 1 is 1.06 bits per heavy atom. The van der Waals surface area contributed by atoms with Crippen LogP contribution in [0.1, 0.15) is 31.8 Å². The lowest BCUT2D eigenvalue weighted by Gasteiger charge is -2.15. The Morgan fingerprint density at radius 3 is 2.36 bits per heavy atom. The molecule has 1 fully saturated rings. The Morgan fingerprint density at radius 2 is 1.76 bits per heavy atom. The third kappa shape index (κ3) is 5.32. The Bertz CT molecular complexity index is 1220. The summed E-state index contributed by atoms with van der Waals surface area (Å²) in [6.45, 7) is 1.76. The first-order valence-corrected chi connectivity index (χ1v) is 10.9. The topological polar surface area (TPSA) is 95.1 Å². The van der Waals surface area contributed by atoms with E-state index in [0.29, 0.717) is 38.6 Å². The number of nitrogens with one attached hydrogen (secondary N) is 2. The molecule has 0 radical (unpaired) electrons. The average molecular weight is 483 g/mol. The van der Waals surface area contributed by atoms with Gasteiger partial charge in [0.1, 0.15) is 17.4 Å². The molecule has 0 saturated carbocycles. The fraction of sp³-hybridized carbons (Fsp3) is 0.167. The molecule has 33 heavy (non-hydrogen) atoms. The second-order valence-electron chi connectivity index (χ2n) is 7.46. The number of hydrogen-bond donors (Lipinski definition) is 2. The van der Waals surface area contributed by atoms with Gasteiger partial charge in [-0.25, -0.2) is 4.98 Å². The second kappa shape index (κ2) is 9.60. The van der Waals surface area contributed by atoms with Gasteiger partial charge in [0, 0.05) is 53.0 Å². The fourth-order valence-electron chi connectivity index (χ4n) is 3.35. The predicted molar refractivity (Wildman–Crippen MR) is 128 cm³/mol. The van der Waals surface area contributed by atoms with Crippen molar-refractivity contribution >= 4 is 46.5 Å². The van der Waals surface area contributed by atoms with Crippen molar-refractivity contribution in [2.75, 3.05) is 25.5 Å². The van der Waals surface area contributed by atoms with Gasteiger partial charge in [-0.05, 0) is 24.3 Å². The average Bonchev–Trinajstić information content (AvgIpc) is 3.66. The number of methoxy groups -OCH3 is 1. The Hall–Kier alpha value is -3.42. The second-order valence-corrected chi connectivity index (χ2v) is 8.34. The number of amides is 1. The lowest BCUT2D eigenvalue weighted by molar-refractivity contribution is 0.0991. The van der Waals surface area contributed by atoms with Crippen molar-refractivity contribution in [1.82, 2.24) is 9.88 Å². The minimum atomic E-state index is -0.476. The Kier molecular flexibility index (Phi) is 6.62. The highest BCUT2D eigenvalue weighted by molar-refractivity contribution is 6.31. The minimum absolute atomic E-state index is 0.0694. The summed E-state index contributed by atoms with van der Waals surface area (Å²) in [4.78, 5) is 32.1. The molecular weight excluding hydrogens is 463 g/mol. The summed E-state index contributed by atoms with van der Waals surface area (Å²) in [6, 6.07) is 13.1. The first-order chi connectivity index (χ1) is 15.9. The first-order valence-electron chi connectivity index (χ1n) is 10.1. The van der Waals surface area contributed by atoms with E-state index in [-0.39, 0.29) is 17.8 Å². The molecule has 1 saturated heterocycles. The van der Waals surface area contributed by atoms with E-state index in [9.17, 15) is 9.59 Å². The van der Waals surface area contributed by atoms with Gasteiger partial charge in [0.15, 0.2) is 5.78 Å². The summed E-state index contributed by atoms with van der Waals surface area (Å²) in [5.41, 5.74) is 1.85. The fourth-order valence-corrected chi connectivity index (χ4v) is 3.67. The molecule has 0 spiro atoms. The van der Waals surface area contributed by atoms with Crippen LogP contribution in [0.15, 0.2) is 54.7 Å². The number of ketones is 1. The van der Waals surface area contributed by atoms with Gasteiger partial charge >= 0.3 is 0 Å². The highest BCUT2D eigenvalue weighted by atomic mass is 35.5. The number of ether oxygens (including phenoxy) is 1. The van der Waals surface area contributed by atoms with E-state index in [4.69, 9.17) is 33.3 Å². The van der Waals surface area contributed by atoms with Crippen LogP contribution < -0.4 is 10.1 Å². The van der Waals surface area contributed by atoms with Crippen LogP contribution in [0, 0.1) is 5.41 Å². The van der Waals surface area contributed by atoms with Gasteiger partial charge in [-0.2, -0.15) is 0 Å².